The molecule has 3 aromatic carbocycles. The fourth-order valence-corrected chi connectivity index (χ4v) is 4.18. The molecule has 0 bridgehead atoms. The number of fused-ring (bicyclic) bond motifs is 2. The first kappa shape index (κ1) is 19.2. The number of amides is 1. The summed E-state index contributed by atoms with van der Waals surface area (Å²) in [6, 6.07) is 22.2. The first-order valence-electron chi connectivity index (χ1n) is 10.5. The molecule has 0 saturated heterocycles. The number of hydrogen-bond acceptors (Lipinski definition) is 4. The molecule has 0 N–H and O–H groups in total. The summed E-state index contributed by atoms with van der Waals surface area (Å²) in [7, 11) is 0. The number of para-hydroxylation sites is 1. The largest absolute Gasteiger partial charge is 0.466 e. The molecule has 0 aliphatic carbocycles. The zero-order valence-corrected chi connectivity index (χ0v) is 17.6. The summed E-state index contributed by atoms with van der Waals surface area (Å²) in [6.45, 7) is 4.75. The predicted octanol–water partition coefficient (Wildman–Crippen LogP) is 4.88. The molecule has 0 unspecified atom stereocenters. The van der Waals surface area contributed by atoms with Crippen LogP contribution in [0.3, 0.4) is 0 Å². The highest BCUT2D eigenvalue weighted by atomic mass is 16.5. The zero-order chi connectivity index (χ0) is 21.4. The normalized spacial score (nSPS) is 12.8. The van der Waals surface area contributed by atoms with E-state index in [-0.39, 0.29) is 12.5 Å². The minimum absolute atomic E-state index is 0.0736. The molecule has 31 heavy (non-hydrogen) atoms. The summed E-state index contributed by atoms with van der Waals surface area (Å²) >= 11 is 0. The number of benzene rings is 3. The van der Waals surface area contributed by atoms with Crippen LogP contribution in [0.1, 0.15) is 16.7 Å². The second kappa shape index (κ2) is 7.84. The third-order valence-electron chi connectivity index (χ3n) is 5.82. The van der Waals surface area contributed by atoms with Gasteiger partial charge in [0.15, 0.2) is 6.61 Å². The van der Waals surface area contributed by atoms with E-state index in [1.54, 1.807) is 4.90 Å². The Morgan fingerprint density at radius 1 is 0.968 bits per heavy atom. The summed E-state index contributed by atoms with van der Waals surface area (Å²) in [5.74, 6) is 0.305. The minimum Gasteiger partial charge on any atom is -0.466 e. The van der Waals surface area contributed by atoms with Crippen LogP contribution < -0.4 is 9.64 Å². The average Bonchev–Trinajstić information content (AvgIpc) is 3.23. The second-order valence-electron chi connectivity index (χ2n) is 7.93. The van der Waals surface area contributed by atoms with E-state index in [2.05, 4.69) is 48.3 Å². The Bertz CT molecular complexity index is 1300. The maximum Gasteiger partial charge on any atom is 0.264 e. The van der Waals surface area contributed by atoms with Crippen LogP contribution in [0.5, 0.6) is 5.88 Å². The number of carbonyl (C=O) groups is 1. The van der Waals surface area contributed by atoms with Crippen LogP contribution in [-0.4, -0.2) is 29.3 Å². The third kappa shape index (κ3) is 3.52. The summed E-state index contributed by atoms with van der Waals surface area (Å²) in [5, 5.41) is 10.7. The van der Waals surface area contributed by atoms with Gasteiger partial charge in [0.1, 0.15) is 5.69 Å². The van der Waals surface area contributed by atoms with E-state index < -0.39 is 0 Å². The highest BCUT2D eigenvalue weighted by Gasteiger charge is 2.25. The van der Waals surface area contributed by atoms with Crippen molar-refractivity contribution in [3.63, 3.8) is 0 Å². The fraction of sp³-hybridized carbons (Fsp3) is 0.192. The molecule has 0 saturated carbocycles. The molecule has 1 aliphatic rings. The number of anilines is 1. The molecule has 5 rings (SSSR count). The van der Waals surface area contributed by atoms with E-state index in [1.165, 1.54) is 11.1 Å². The van der Waals surface area contributed by atoms with Crippen LogP contribution in [0.2, 0.25) is 0 Å². The van der Waals surface area contributed by atoms with Gasteiger partial charge in [0.25, 0.3) is 5.91 Å². The lowest BCUT2D eigenvalue weighted by atomic mass is 9.99. The number of aryl methyl sites for hydroxylation is 2. The van der Waals surface area contributed by atoms with Gasteiger partial charge in [0.05, 0.1) is 0 Å². The number of rotatable bonds is 4. The van der Waals surface area contributed by atoms with Gasteiger partial charge in [-0.25, -0.2) is 0 Å². The molecule has 0 radical (unpaired) electrons. The molecule has 1 aromatic heterocycles. The molecule has 154 valence electrons. The standard InChI is InChI=1S/C26H23N3O2/c1-17-11-12-18(2)22(15-17)25-20-8-4-5-9-21(20)26(28-27-25)31-16-24(30)29-14-13-19-7-3-6-10-23(19)29/h3-12,15H,13-14,16H2,1-2H3. The van der Waals surface area contributed by atoms with E-state index >= 15 is 0 Å². The van der Waals surface area contributed by atoms with Gasteiger partial charge in [-0.1, -0.05) is 54.1 Å². The monoisotopic (exact) mass is 409 g/mol. The van der Waals surface area contributed by atoms with Crippen molar-refractivity contribution in [1.29, 1.82) is 0 Å². The topological polar surface area (TPSA) is 55.3 Å². The van der Waals surface area contributed by atoms with Crippen molar-refractivity contribution < 1.29 is 9.53 Å². The quantitative estimate of drug-likeness (QED) is 0.482. The van der Waals surface area contributed by atoms with E-state index in [9.17, 15) is 4.79 Å². The molecular formula is C26H23N3O2. The highest BCUT2D eigenvalue weighted by molar-refractivity contribution is 5.99. The lowest BCUT2D eigenvalue weighted by molar-refractivity contribution is -0.120. The van der Waals surface area contributed by atoms with Crippen molar-refractivity contribution in [2.75, 3.05) is 18.1 Å². The Balaban J connectivity index is 1.44. The SMILES string of the molecule is Cc1ccc(C)c(-c2nnc(OCC(=O)N3CCc4ccccc43)c3ccccc23)c1. The Morgan fingerprint density at radius 2 is 1.74 bits per heavy atom. The molecule has 4 aromatic rings. The molecule has 1 aliphatic heterocycles. The summed E-state index contributed by atoms with van der Waals surface area (Å²) in [4.78, 5) is 14.6. The first-order valence-corrected chi connectivity index (χ1v) is 10.5. The lowest BCUT2D eigenvalue weighted by Crippen LogP contribution is -2.33. The Kier molecular flexibility index (Phi) is 4.86. The lowest BCUT2D eigenvalue weighted by Gasteiger charge is -2.18. The van der Waals surface area contributed by atoms with Crippen LogP contribution in [-0.2, 0) is 11.2 Å². The van der Waals surface area contributed by atoms with Crippen molar-refractivity contribution in [1.82, 2.24) is 10.2 Å². The molecule has 0 fully saturated rings. The van der Waals surface area contributed by atoms with Gasteiger partial charge in [0.2, 0.25) is 5.88 Å². The summed E-state index contributed by atoms with van der Waals surface area (Å²) in [6.07, 6.45) is 0.870. The van der Waals surface area contributed by atoms with Crippen molar-refractivity contribution >= 4 is 22.4 Å². The minimum atomic E-state index is -0.0746. The van der Waals surface area contributed by atoms with Crippen LogP contribution >= 0.6 is 0 Å². The predicted molar refractivity (Wildman–Crippen MR) is 122 cm³/mol. The Morgan fingerprint density at radius 3 is 2.61 bits per heavy atom. The van der Waals surface area contributed by atoms with Gasteiger partial charge < -0.3 is 9.64 Å². The third-order valence-corrected chi connectivity index (χ3v) is 5.82. The molecule has 5 heteroatoms. The smallest absolute Gasteiger partial charge is 0.264 e. The fourth-order valence-electron chi connectivity index (χ4n) is 4.18. The first-order chi connectivity index (χ1) is 15.1. The van der Waals surface area contributed by atoms with E-state index in [1.807, 2.05) is 42.5 Å². The maximum absolute atomic E-state index is 12.8. The number of ether oxygens (including phenoxy) is 1. The van der Waals surface area contributed by atoms with Gasteiger partial charge in [-0.2, -0.15) is 0 Å². The van der Waals surface area contributed by atoms with Gasteiger partial charge in [0, 0.05) is 28.6 Å². The highest BCUT2D eigenvalue weighted by Crippen LogP contribution is 2.33. The van der Waals surface area contributed by atoms with Crippen molar-refractivity contribution in [2.24, 2.45) is 0 Å². The maximum atomic E-state index is 12.8. The molecule has 2 heterocycles. The van der Waals surface area contributed by atoms with Gasteiger partial charge in [-0.05, 0) is 49.6 Å². The van der Waals surface area contributed by atoms with E-state index in [0.717, 1.165) is 39.7 Å². The van der Waals surface area contributed by atoms with E-state index in [4.69, 9.17) is 4.74 Å². The molecule has 0 atom stereocenters. The number of nitrogens with zero attached hydrogens (tertiary/aromatic N) is 3. The van der Waals surface area contributed by atoms with Crippen LogP contribution in [0.25, 0.3) is 22.0 Å². The van der Waals surface area contributed by atoms with Crippen molar-refractivity contribution in [2.45, 2.75) is 20.3 Å². The zero-order valence-electron chi connectivity index (χ0n) is 17.6. The summed E-state index contributed by atoms with van der Waals surface area (Å²) in [5.41, 5.74) is 6.35. The molecule has 0 spiro atoms. The van der Waals surface area contributed by atoms with Crippen molar-refractivity contribution in [3.8, 4) is 17.1 Å². The Labute approximate surface area is 181 Å². The number of carbonyl (C=O) groups excluding carboxylic acids is 1. The van der Waals surface area contributed by atoms with Gasteiger partial charge in [-0.3, -0.25) is 4.79 Å². The molecular weight excluding hydrogens is 386 g/mol. The number of hydrogen-bond donors (Lipinski definition) is 0. The molecule has 1 amide bonds. The average molecular weight is 409 g/mol. The van der Waals surface area contributed by atoms with Crippen LogP contribution in [0.4, 0.5) is 5.69 Å². The van der Waals surface area contributed by atoms with Crippen LogP contribution in [0.15, 0.2) is 66.7 Å². The number of aromatic nitrogens is 2. The summed E-state index contributed by atoms with van der Waals surface area (Å²) < 4.78 is 5.89. The van der Waals surface area contributed by atoms with E-state index in [0.29, 0.717) is 12.4 Å². The second-order valence-corrected chi connectivity index (χ2v) is 7.93. The van der Waals surface area contributed by atoms with Gasteiger partial charge >= 0.3 is 0 Å². The van der Waals surface area contributed by atoms with Gasteiger partial charge in [-0.15, -0.1) is 10.2 Å². The molecule has 5 nitrogen and oxygen atoms in total. The Hall–Kier alpha value is -3.73. The van der Waals surface area contributed by atoms with Crippen molar-refractivity contribution in [3.05, 3.63) is 83.4 Å². The van der Waals surface area contributed by atoms with Crippen LogP contribution in [0, 0.1) is 13.8 Å².